The molecule has 0 radical (unpaired) electrons. The summed E-state index contributed by atoms with van der Waals surface area (Å²) in [5.41, 5.74) is 0.415. The summed E-state index contributed by atoms with van der Waals surface area (Å²) >= 11 is 0. The van der Waals surface area contributed by atoms with Crippen molar-refractivity contribution in [2.45, 2.75) is 6.92 Å². The molecule has 0 bridgehead atoms. The average molecular weight is 489 g/mol. The van der Waals surface area contributed by atoms with E-state index in [0.29, 0.717) is 87.9 Å². The maximum atomic E-state index is 12.5. The molecule has 0 saturated heterocycles. The summed E-state index contributed by atoms with van der Waals surface area (Å²) in [5.74, 6) is 1.80. The van der Waals surface area contributed by atoms with Crippen molar-refractivity contribution < 1.29 is 38.0 Å². The van der Waals surface area contributed by atoms with E-state index in [0.717, 1.165) is 0 Å². The zero-order valence-electron chi connectivity index (χ0n) is 19.9. The molecule has 0 atom stereocenters. The van der Waals surface area contributed by atoms with E-state index in [4.69, 9.17) is 28.4 Å². The highest BCUT2D eigenvalue weighted by atomic mass is 16.6. The molecule has 0 aliphatic carbocycles. The lowest BCUT2D eigenvalue weighted by Crippen LogP contribution is -2.33. The van der Waals surface area contributed by atoms with Gasteiger partial charge >= 0.3 is 0 Å². The number of fused-ring (bicyclic) bond motifs is 2. The summed E-state index contributed by atoms with van der Waals surface area (Å²) in [5, 5.41) is 5.39. The topological polar surface area (TPSA) is 114 Å². The van der Waals surface area contributed by atoms with E-state index in [2.05, 4.69) is 10.6 Å². The van der Waals surface area contributed by atoms with Crippen LogP contribution >= 0.6 is 0 Å². The Morgan fingerprint density at radius 3 is 1.69 bits per heavy atom. The number of carbonyl (C=O) groups is 2. The predicted octanol–water partition coefficient (Wildman–Crippen LogP) is 1.81. The number of carbonyl (C=O) groups excluding carboxylic acids is 2. The third kappa shape index (κ3) is 9.34. The van der Waals surface area contributed by atoms with Crippen molar-refractivity contribution in [3.05, 3.63) is 48.0 Å². The number of hydrogen-bond donors (Lipinski definition) is 2. The van der Waals surface area contributed by atoms with Crippen LogP contribution in [0.25, 0.3) is 0 Å². The molecule has 3 rings (SSSR count). The van der Waals surface area contributed by atoms with Gasteiger partial charge in [0, 0.05) is 25.6 Å². The summed E-state index contributed by atoms with van der Waals surface area (Å²) < 4.78 is 34.4. The lowest BCUT2D eigenvalue weighted by molar-refractivity contribution is -0.118. The van der Waals surface area contributed by atoms with Crippen molar-refractivity contribution in [3.63, 3.8) is 0 Å². The van der Waals surface area contributed by atoms with Gasteiger partial charge < -0.3 is 39.1 Å². The predicted molar refractivity (Wildman–Crippen MR) is 128 cm³/mol. The molecule has 0 spiro atoms. The van der Waals surface area contributed by atoms with Crippen LogP contribution in [0.2, 0.25) is 0 Å². The van der Waals surface area contributed by atoms with E-state index in [-0.39, 0.29) is 18.4 Å². The van der Waals surface area contributed by atoms with Gasteiger partial charge in [0.05, 0.1) is 26.4 Å². The molecule has 190 valence electrons. The normalized spacial score (nSPS) is 15.2. The standard InChI is InChI=1S/C25H32N2O8/c1-19(28)26-8-9-27-25(29)20-6-7-23-24(18-20)35-17-13-31-11-15-33-22-5-3-2-4-21(22)32-14-10-30-12-16-34-23/h2-7,18H,8-17H2,1H3,(H,26,28)(H,27,29). The fourth-order valence-electron chi connectivity index (χ4n) is 3.13. The Bertz CT molecular complexity index is 953. The Morgan fingerprint density at radius 1 is 0.657 bits per heavy atom. The number of amides is 2. The second-order valence-corrected chi connectivity index (χ2v) is 7.47. The summed E-state index contributed by atoms with van der Waals surface area (Å²) in [7, 11) is 0. The maximum Gasteiger partial charge on any atom is 0.251 e. The highest BCUT2D eigenvalue weighted by Gasteiger charge is 2.12. The molecular weight excluding hydrogens is 456 g/mol. The van der Waals surface area contributed by atoms with Crippen LogP contribution in [0.4, 0.5) is 0 Å². The van der Waals surface area contributed by atoms with Gasteiger partial charge in [0.25, 0.3) is 5.91 Å². The third-order valence-electron chi connectivity index (χ3n) is 4.78. The number of ether oxygens (including phenoxy) is 6. The molecule has 2 amide bonds. The van der Waals surface area contributed by atoms with Crippen LogP contribution in [0.1, 0.15) is 17.3 Å². The van der Waals surface area contributed by atoms with Gasteiger partial charge in [-0.3, -0.25) is 9.59 Å². The number of benzene rings is 2. The fraction of sp³-hybridized carbons (Fsp3) is 0.440. The SMILES string of the molecule is CC(=O)NCCNC(=O)c1ccc2c(c1)OCCOCCOc1ccccc1OCCOCCO2. The second kappa shape index (κ2) is 14.7. The molecule has 1 heterocycles. The van der Waals surface area contributed by atoms with Crippen molar-refractivity contribution >= 4 is 11.8 Å². The summed E-state index contributed by atoms with van der Waals surface area (Å²) in [4.78, 5) is 23.4. The van der Waals surface area contributed by atoms with Crippen LogP contribution in [0.3, 0.4) is 0 Å². The third-order valence-corrected chi connectivity index (χ3v) is 4.78. The molecule has 10 nitrogen and oxygen atoms in total. The Labute approximate surface area is 204 Å². The molecule has 0 fully saturated rings. The summed E-state index contributed by atoms with van der Waals surface area (Å²) in [6, 6.07) is 12.4. The lowest BCUT2D eigenvalue weighted by Gasteiger charge is -2.16. The summed E-state index contributed by atoms with van der Waals surface area (Å²) in [6.07, 6.45) is 0. The lowest BCUT2D eigenvalue weighted by atomic mass is 10.2. The minimum absolute atomic E-state index is 0.149. The van der Waals surface area contributed by atoms with Crippen molar-refractivity contribution in [2.75, 3.05) is 65.9 Å². The Morgan fingerprint density at radius 2 is 1.14 bits per heavy atom. The largest absolute Gasteiger partial charge is 0.487 e. The van der Waals surface area contributed by atoms with Gasteiger partial charge in [-0.05, 0) is 30.3 Å². The van der Waals surface area contributed by atoms with Gasteiger partial charge in [-0.15, -0.1) is 0 Å². The van der Waals surface area contributed by atoms with Gasteiger partial charge in [0.2, 0.25) is 5.91 Å². The van der Waals surface area contributed by atoms with Crippen LogP contribution < -0.4 is 29.6 Å². The maximum absolute atomic E-state index is 12.5. The van der Waals surface area contributed by atoms with E-state index in [1.54, 1.807) is 18.2 Å². The average Bonchev–Trinajstić information content (AvgIpc) is 2.86. The highest BCUT2D eigenvalue weighted by molar-refractivity contribution is 5.94. The molecule has 0 saturated carbocycles. The Kier molecular flexibility index (Phi) is 11.0. The monoisotopic (exact) mass is 488 g/mol. The van der Waals surface area contributed by atoms with E-state index < -0.39 is 0 Å². The molecule has 1 aliphatic heterocycles. The van der Waals surface area contributed by atoms with Crippen molar-refractivity contribution in [2.24, 2.45) is 0 Å². The van der Waals surface area contributed by atoms with E-state index in [1.807, 2.05) is 24.3 Å². The molecule has 1 aliphatic rings. The first-order chi connectivity index (χ1) is 17.1. The van der Waals surface area contributed by atoms with Crippen molar-refractivity contribution in [3.8, 4) is 23.0 Å². The van der Waals surface area contributed by atoms with Gasteiger partial charge in [-0.25, -0.2) is 0 Å². The Hall–Kier alpha value is -3.50. The van der Waals surface area contributed by atoms with Gasteiger partial charge in [0.15, 0.2) is 23.0 Å². The number of hydrogen-bond acceptors (Lipinski definition) is 8. The summed E-state index contributed by atoms with van der Waals surface area (Å²) in [6.45, 7) is 4.84. The van der Waals surface area contributed by atoms with Crippen LogP contribution in [-0.4, -0.2) is 77.8 Å². The first-order valence-electron chi connectivity index (χ1n) is 11.6. The molecule has 2 aromatic rings. The van der Waals surface area contributed by atoms with Crippen molar-refractivity contribution in [1.82, 2.24) is 10.6 Å². The van der Waals surface area contributed by atoms with Gasteiger partial charge in [-0.2, -0.15) is 0 Å². The zero-order valence-corrected chi connectivity index (χ0v) is 19.9. The van der Waals surface area contributed by atoms with Gasteiger partial charge in [0.1, 0.15) is 26.4 Å². The van der Waals surface area contributed by atoms with E-state index in [9.17, 15) is 9.59 Å². The van der Waals surface area contributed by atoms with Crippen molar-refractivity contribution in [1.29, 1.82) is 0 Å². The van der Waals surface area contributed by atoms with E-state index >= 15 is 0 Å². The smallest absolute Gasteiger partial charge is 0.251 e. The molecule has 2 aromatic carbocycles. The van der Waals surface area contributed by atoms with Crippen LogP contribution in [0.15, 0.2) is 42.5 Å². The first kappa shape index (κ1) is 26.1. The quantitative estimate of drug-likeness (QED) is 0.627. The molecule has 0 unspecified atom stereocenters. The highest BCUT2D eigenvalue weighted by Crippen LogP contribution is 2.29. The minimum atomic E-state index is -0.279. The Balaban J connectivity index is 1.57. The molecular formula is C25H32N2O8. The number of para-hydroxylation sites is 2. The van der Waals surface area contributed by atoms with Gasteiger partial charge in [-0.1, -0.05) is 12.1 Å². The first-order valence-corrected chi connectivity index (χ1v) is 11.6. The molecule has 0 aromatic heterocycles. The van der Waals surface area contributed by atoms with E-state index in [1.165, 1.54) is 6.92 Å². The molecule has 10 heteroatoms. The minimum Gasteiger partial charge on any atom is -0.487 e. The number of nitrogens with one attached hydrogen (secondary N) is 2. The van der Waals surface area contributed by atoms with Crippen LogP contribution in [0, 0.1) is 0 Å². The second-order valence-electron chi connectivity index (χ2n) is 7.47. The van der Waals surface area contributed by atoms with Crippen LogP contribution in [0.5, 0.6) is 23.0 Å². The number of rotatable bonds is 4. The zero-order chi connectivity index (χ0) is 24.7. The fourth-order valence-corrected chi connectivity index (χ4v) is 3.13. The molecule has 2 N–H and O–H groups in total. The molecule has 35 heavy (non-hydrogen) atoms. The van der Waals surface area contributed by atoms with Crippen LogP contribution in [-0.2, 0) is 14.3 Å².